The van der Waals surface area contributed by atoms with Crippen LogP contribution in [-0.4, -0.2) is 53.4 Å². The highest BCUT2D eigenvalue weighted by Gasteiger charge is 2.36. The zero-order valence-corrected chi connectivity index (χ0v) is 23.6. The van der Waals surface area contributed by atoms with Crippen LogP contribution in [0.5, 0.6) is 0 Å². The summed E-state index contributed by atoms with van der Waals surface area (Å²) in [5.41, 5.74) is 2.33. The summed E-state index contributed by atoms with van der Waals surface area (Å²) in [6.07, 6.45) is 7.32. The molecule has 39 heavy (non-hydrogen) atoms. The Morgan fingerprint density at radius 2 is 2.00 bits per heavy atom. The van der Waals surface area contributed by atoms with E-state index in [1.807, 2.05) is 48.1 Å². The number of halogens is 1. The predicted molar refractivity (Wildman–Crippen MR) is 156 cm³/mol. The van der Waals surface area contributed by atoms with Gasteiger partial charge < -0.3 is 15.5 Å². The SMILES string of the molecule is [B]C(Nc1cc(Cl)c2ncc(C#N)c(NCC(C)(C)C)c2c1)(c1cn(C2CC2)nn1)c1cccnc1N(C)C. The van der Waals surface area contributed by atoms with Crippen molar-refractivity contribution in [3.63, 3.8) is 0 Å². The molecule has 3 heterocycles. The Balaban J connectivity index is 1.66. The fourth-order valence-corrected chi connectivity index (χ4v) is 4.76. The lowest BCUT2D eigenvalue weighted by Gasteiger charge is -2.34. The lowest BCUT2D eigenvalue weighted by molar-refractivity contribution is 0.443. The number of fused-ring (bicyclic) bond motifs is 1. The van der Waals surface area contributed by atoms with Crippen molar-refractivity contribution < 1.29 is 0 Å². The predicted octanol–water partition coefficient (Wildman–Crippen LogP) is 5.09. The fraction of sp³-hybridized carbons (Fsp3) is 0.393. The molecule has 1 fully saturated rings. The zero-order chi connectivity index (χ0) is 27.9. The van der Waals surface area contributed by atoms with Crippen LogP contribution in [0.1, 0.15) is 56.5 Å². The quantitative estimate of drug-likeness (QED) is 0.298. The number of nitriles is 1. The van der Waals surface area contributed by atoms with E-state index in [1.165, 1.54) is 0 Å². The molecule has 1 aromatic carbocycles. The van der Waals surface area contributed by atoms with Crippen LogP contribution in [-0.2, 0) is 5.44 Å². The van der Waals surface area contributed by atoms with Gasteiger partial charge in [-0.15, -0.1) is 5.10 Å². The molecule has 4 aromatic rings. The van der Waals surface area contributed by atoms with Crippen LogP contribution in [0.2, 0.25) is 5.02 Å². The molecule has 0 saturated heterocycles. The average Bonchev–Trinajstić information content (AvgIpc) is 3.62. The zero-order valence-electron chi connectivity index (χ0n) is 22.8. The molecule has 1 atom stereocenters. The van der Waals surface area contributed by atoms with Crippen molar-refractivity contribution in [2.45, 2.75) is 45.1 Å². The van der Waals surface area contributed by atoms with Gasteiger partial charge in [-0.3, -0.25) is 4.98 Å². The Hall–Kier alpha value is -3.84. The van der Waals surface area contributed by atoms with Crippen molar-refractivity contribution in [1.29, 1.82) is 5.26 Å². The van der Waals surface area contributed by atoms with Crippen LogP contribution >= 0.6 is 11.6 Å². The lowest BCUT2D eigenvalue weighted by atomic mass is 9.69. The van der Waals surface area contributed by atoms with Crippen molar-refractivity contribution >= 4 is 47.5 Å². The van der Waals surface area contributed by atoms with Crippen LogP contribution in [0.25, 0.3) is 10.9 Å². The maximum absolute atomic E-state index is 9.84. The summed E-state index contributed by atoms with van der Waals surface area (Å²) in [4.78, 5) is 11.0. The summed E-state index contributed by atoms with van der Waals surface area (Å²) in [6.45, 7) is 7.04. The van der Waals surface area contributed by atoms with Crippen LogP contribution in [0, 0.1) is 16.7 Å². The van der Waals surface area contributed by atoms with E-state index < -0.39 is 5.44 Å². The molecule has 11 heteroatoms. The minimum atomic E-state index is -1.29. The number of nitrogens with zero attached hydrogens (tertiary/aromatic N) is 7. The van der Waals surface area contributed by atoms with Gasteiger partial charge in [0.2, 0.25) is 0 Å². The van der Waals surface area contributed by atoms with Gasteiger partial charge in [0.25, 0.3) is 0 Å². The molecule has 0 amide bonds. The number of rotatable bonds is 8. The molecule has 2 radical (unpaired) electrons. The van der Waals surface area contributed by atoms with E-state index in [1.54, 1.807) is 18.5 Å². The summed E-state index contributed by atoms with van der Waals surface area (Å²) in [5.74, 6) is 0.696. The van der Waals surface area contributed by atoms with Crippen LogP contribution in [0.4, 0.5) is 17.2 Å². The molecule has 2 N–H and O–H groups in total. The Labute approximate surface area is 235 Å². The van der Waals surface area contributed by atoms with Crippen molar-refractivity contribution in [2.24, 2.45) is 5.41 Å². The van der Waals surface area contributed by atoms with Crippen molar-refractivity contribution in [3.05, 3.63) is 64.7 Å². The van der Waals surface area contributed by atoms with Crippen LogP contribution in [0.15, 0.2) is 42.9 Å². The third-order valence-electron chi connectivity index (χ3n) is 6.65. The van der Waals surface area contributed by atoms with Gasteiger partial charge in [0.05, 0.1) is 39.5 Å². The molecule has 198 valence electrons. The van der Waals surface area contributed by atoms with Gasteiger partial charge in [-0.2, -0.15) is 5.26 Å². The van der Waals surface area contributed by atoms with Crippen molar-refractivity contribution in [2.75, 3.05) is 36.2 Å². The summed E-state index contributed by atoms with van der Waals surface area (Å²) in [5, 5.41) is 26.8. The minimum Gasteiger partial charge on any atom is -0.383 e. The van der Waals surface area contributed by atoms with Gasteiger partial charge in [0.1, 0.15) is 25.4 Å². The molecule has 5 rings (SSSR count). The first-order chi connectivity index (χ1) is 18.5. The highest BCUT2D eigenvalue weighted by molar-refractivity contribution is 6.36. The van der Waals surface area contributed by atoms with Gasteiger partial charge in [0, 0.05) is 49.7 Å². The molecular weight excluding hydrogens is 509 g/mol. The first-order valence-corrected chi connectivity index (χ1v) is 13.3. The second-order valence-corrected chi connectivity index (χ2v) is 11.9. The van der Waals surface area contributed by atoms with Gasteiger partial charge in [-0.1, -0.05) is 43.7 Å². The highest BCUT2D eigenvalue weighted by atomic mass is 35.5. The van der Waals surface area contributed by atoms with E-state index >= 15 is 0 Å². The number of anilines is 3. The maximum Gasteiger partial charge on any atom is 0.133 e. The molecule has 1 unspecified atom stereocenters. The normalized spacial score (nSPS) is 15.0. The van der Waals surface area contributed by atoms with Gasteiger partial charge in [-0.05, 0) is 36.5 Å². The molecule has 9 nitrogen and oxygen atoms in total. The number of pyridine rings is 2. The van der Waals surface area contributed by atoms with E-state index in [0.717, 1.165) is 23.8 Å². The Morgan fingerprint density at radius 1 is 1.23 bits per heavy atom. The van der Waals surface area contributed by atoms with Gasteiger partial charge >= 0.3 is 0 Å². The molecule has 1 aliphatic rings. The second kappa shape index (κ2) is 10.0. The van der Waals surface area contributed by atoms with E-state index in [9.17, 15) is 5.26 Å². The summed E-state index contributed by atoms with van der Waals surface area (Å²) in [7, 11) is 11.1. The lowest BCUT2D eigenvalue weighted by Crippen LogP contribution is -2.39. The first kappa shape index (κ1) is 26.8. The summed E-state index contributed by atoms with van der Waals surface area (Å²) in [6, 6.07) is 10.1. The largest absolute Gasteiger partial charge is 0.383 e. The number of nitrogens with one attached hydrogen (secondary N) is 2. The topological polar surface area (TPSA) is 108 Å². The molecule has 0 aliphatic heterocycles. The number of hydrogen-bond acceptors (Lipinski definition) is 8. The molecular formula is C28H31BClN9. The first-order valence-electron chi connectivity index (χ1n) is 12.9. The average molecular weight is 540 g/mol. The number of aromatic nitrogens is 5. The van der Waals surface area contributed by atoms with E-state index in [0.29, 0.717) is 51.6 Å². The van der Waals surface area contributed by atoms with E-state index in [-0.39, 0.29) is 5.41 Å². The highest BCUT2D eigenvalue weighted by Crippen LogP contribution is 2.40. The maximum atomic E-state index is 9.84. The summed E-state index contributed by atoms with van der Waals surface area (Å²) < 4.78 is 1.87. The third kappa shape index (κ3) is 5.37. The van der Waals surface area contributed by atoms with E-state index in [2.05, 4.69) is 57.8 Å². The molecule has 3 aromatic heterocycles. The van der Waals surface area contributed by atoms with Gasteiger partial charge in [-0.25, -0.2) is 9.67 Å². The van der Waals surface area contributed by atoms with Crippen LogP contribution < -0.4 is 15.5 Å². The summed E-state index contributed by atoms with van der Waals surface area (Å²) >= 11 is 6.77. The molecule has 0 bridgehead atoms. The smallest absolute Gasteiger partial charge is 0.133 e. The minimum absolute atomic E-state index is 0.00927. The van der Waals surface area contributed by atoms with Crippen molar-refractivity contribution in [3.8, 4) is 6.07 Å². The molecule has 0 spiro atoms. The fourth-order valence-electron chi connectivity index (χ4n) is 4.49. The third-order valence-corrected chi connectivity index (χ3v) is 6.94. The van der Waals surface area contributed by atoms with Crippen LogP contribution in [0.3, 0.4) is 0 Å². The molecule has 1 aliphatic carbocycles. The van der Waals surface area contributed by atoms with E-state index in [4.69, 9.17) is 19.4 Å². The number of hydrogen-bond donors (Lipinski definition) is 2. The standard InChI is InChI=1S/C28H31BClN9/c1-27(2,3)16-34-24-17(13-31)14-33-25-20(24)11-18(12-22(25)30)35-28(29,21-7-6-10-32-26(21)38(4)5)23-15-39(37-36-23)19-8-9-19/h6-7,10-12,14-15,19,35H,8-9,16H2,1-5H3,(H,33,34). The molecule has 1 saturated carbocycles. The number of benzene rings is 1. The monoisotopic (exact) mass is 539 g/mol. The Kier molecular flexibility index (Phi) is 6.89. The van der Waals surface area contributed by atoms with Crippen molar-refractivity contribution in [1.82, 2.24) is 25.0 Å². The second-order valence-electron chi connectivity index (χ2n) is 11.4. The van der Waals surface area contributed by atoms with Gasteiger partial charge in [0.15, 0.2) is 0 Å². The Morgan fingerprint density at radius 3 is 2.67 bits per heavy atom. The Bertz CT molecular complexity index is 1570.